The van der Waals surface area contributed by atoms with E-state index in [4.69, 9.17) is 21.8 Å². The van der Waals surface area contributed by atoms with E-state index in [-0.39, 0.29) is 18.1 Å². The van der Waals surface area contributed by atoms with Crippen molar-refractivity contribution in [3.8, 4) is 0 Å². The van der Waals surface area contributed by atoms with Crippen LogP contribution in [-0.2, 0) is 13.0 Å². The second-order valence-corrected chi connectivity index (χ2v) is 4.19. The molecule has 0 aliphatic carbocycles. The van der Waals surface area contributed by atoms with E-state index in [9.17, 15) is 4.79 Å². The molecule has 1 amide bonds. The molecule has 0 atom stereocenters. The summed E-state index contributed by atoms with van der Waals surface area (Å²) in [6.45, 7) is 0.655. The smallest absolute Gasteiger partial charge is 0.273 e. The molecule has 0 aromatic carbocycles. The van der Waals surface area contributed by atoms with Crippen molar-refractivity contribution >= 4 is 17.5 Å². The SMILES string of the molecule is NCCc1nc(C(=O)NCc2ncccc2Cl)co1. The lowest BCUT2D eigenvalue weighted by Gasteiger charge is -2.03. The van der Waals surface area contributed by atoms with Crippen LogP contribution in [0.15, 0.2) is 29.0 Å². The van der Waals surface area contributed by atoms with Gasteiger partial charge < -0.3 is 15.5 Å². The summed E-state index contributed by atoms with van der Waals surface area (Å²) in [5, 5.41) is 3.18. The minimum Gasteiger partial charge on any atom is -0.448 e. The van der Waals surface area contributed by atoms with E-state index < -0.39 is 0 Å². The molecule has 2 rings (SSSR count). The minimum atomic E-state index is -0.339. The van der Waals surface area contributed by atoms with Gasteiger partial charge in [0.25, 0.3) is 5.91 Å². The molecule has 0 unspecified atom stereocenters. The fourth-order valence-electron chi connectivity index (χ4n) is 1.46. The zero-order valence-corrected chi connectivity index (χ0v) is 10.9. The van der Waals surface area contributed by atoms with E-state index in [0.29, 0.717) is 29.6 Å². The van der Waals surface area contributed by atoms with E-state index in [1.54, 1.807) is 18.3 Å². The third kappa shape index (κ3) is 3.52. The van der Waals surface area contributed by atoms with Gasteiger partial charge in [-0.15, -0.1) is 0 Å². The Morgan fingerprint density at radius 2 is 2.37 bits per heavy atom. The number of hydrogen-bond acceptors (Lipinski definition) is 5. The Hall–Kier alpha value is -1.92. The van der Waals surface area contributed by atoms with Gasteiger partial charge in [-0.1, -0.05) is 11.6 Å². The summed E-state index contributed by atoms with van der Waals surface area (Å²) in [6.07, 6.45) is 3.42. The van der Waals surface area contributed by atoms with Crippen molar-refractivity contribution in [2.45, 2.75) is 13.0 Å². The first-order valence-corrected chi connectivity index (χ1v) is 6.10. The summed E-state index contributed by atoms with van der Waals surface area (Å²) in [6, 6.07) is 3.44. The topological polar surface area (TPSA) is 94.0 Å². The number of carbonyl (C=O) groups excluding carboxylic acids is 1. The van der Waals surface area contributed by atoms with E-state index in [2.05, 4.69) is 15.3 Å². The maximum absolute atomic E-state index is 11.8. The van der Waals surface area contributed by atoms with Gasteiger partial charge in [0.2, 0.25) is 0 Å². The van der Waals surface area contributed by atoms with Crippen molar-refractivity contribution in [2.75, 3.05) is 6.54 Å². The molecule has 2 aromatic heterocycles. The summed E-state index contributed by atoms with van der Waals surface area (Å²) in [5.41, 5.74) is 6.19. The predicted molar refractivity (Wildman–Crippen MR) is 69.7 cm³/mol. The molecule has 0 aliphatic heterocycles. The molecule has 100 valence electrons. The standard InChI is InChI=1S/C12H13ClN4O2/c13-8-2-1-5-15-9(8)6-16-12(18)10-7-19-11(17-10)3-4-14/h1-2,5,7H,3-4,6,14H2,(H,16,18). The highest BCUT2D eigenvalue weighted by Crippen LogP contribution is 2.11. The lowest BCUT2D eigenvalue weighted by molar-refractivity contribution is 0.0945. The number of hydrogen-bond donors (Lipinski definition) is 2. The van der Waals surface area contributed by atoms with Gasteiger partial charge in [0.05, 0.1) is 17.3 Å². The number of rotatable bonds is 5. The first kappa shape index (κ1) is 13.5. The van der Waals surface area contributed by atoms with Crippen molar-refractivity contribution in [2.24, 2.45) is 5.73 Å². The Kier molecular flexibility index (Phi) is 4.48. The van der Waals surface area contributed by atoms with Crippen LogP contribution in [0.3, 0.4) is 0 Å². The quantitative estimate of drug-likeness (QED) is 0.857. The fourth-order valence-corrected chi connectivity index (χ4v) is 1.64. The summed E-state index contributed by atoms with van der Waals surface area (Å²) in [4.78, 5) is 19.9. The zero-order chi connectivity index (χ0) is 13.7. The highest BCUT2D eigenvalue weighted by Gasteiger charge is 2.12. The molecule has 2 aromatic rings. The van der Waals surface area contributed by atoms with Gasteiger partial charge in [-0.25, -0.2) is 4.98 Å². The fraction of sp³-hybridized carbons (Fsp3) is 0.250. The number of pyridine rings is 1. The van der Waals surface area contributed by atoms with Gasteiger partial charge in [-0.05, 0) is 12.1 Å². The summed E-state index contributed by atoms with van der Waals surface area (Å²) >= 11 is 5.94. The third-order valence-electron chi connectivity index (χ3n) is 2.39. The number of aromatic nitrogens is 2. The maximum Gasteiger partial charge on any atom is 0.273 e. The van der Waals surface area contributed by atoms with Gasteiger partial charge in [0.15, 0.2) is 11.6 Å². The maximum atomic E-state index is 11.8. The lowest BCUT2D eigenvalue weighted by atomic mass is 10.3. The van der Waals surface area contributed by atoms with Crippen LogP contribution in [0.25, 0.3) is 0 Å². The number of amides is 1. The summed E-state index contributed by atoms with van der Waals surface area (Å²) in [7, 11) is 0. The average Bonchev–Trinajstić information content (AvgIpc) is 2.87. The number of nitrogens with two attached hydrogens (primary N) is 1. The lowest BCUT2D eigenvalue weighted by Crippen LogP contribution is -2.23. The van der Waals surface area contributed by atoms with Crippen LogP contribution in [0.2, 0.25) is 5.02 Å². The molecule has 0 radical (unpaired) electrons. The van der Waals surface area contributed by atoms with Gasteiger partial charge in [-0.2, -0.15) is 0 Å². The van der Waals surface area contributed by atoms with Crippen molar-refractivity contribution in [1.82, 2.24) is 15.3 Å². The first-order chi connectivity index (χ1) is 9.20. The van der Waals surface area contributed by atoms with Crippen molar-refractivity contribution in [3.05, 3.63) is 46.9 Å². The van der Waals surface area contributed by atoms with Crippen molar-refractivity contribution < 1.29 is 9.21 Å². The molecule has 19 heavy (non-hydrogen) atoms. The molecule has 6 nitrogen and oxygen atoms in total. The van der Waals surface area contributed by atoms with Crippen LogP contribution >= 0.6 is 11.6 Å². The summed E-state index contributed by atoms with van der Waals surface area (Å²) in [5.74, 6) is 0.109. The van der Waals surface area contributed by atoms with Crippen LogP contribution in [-0.4, -0.2) is 22.4 Å². The van der Waals surface area contributed by atoms with Crippen LogP contribution in [0.4, 0.5) is 0 Å². The first-order valence-electron chi connectivity index (χ1n) is 5.72. The van der Waals surface area contributed by atoms with Crippen LogP contribution in [0.5, 0.6) is 0 Å². The second-order valence-electron chi connectivity index (χ2n) is 3.78. The Balaban J connectivity index is 1.95. The molecule has 7 heteroatoms. The van der Waals surface area contributed by atoms with E-state index >= 15 is 0 Å². The molecule has 3 N–H and O–H groups in total. The highest BCUT2D eigenvalue weighted by molar-refractivity contribution is 6.31. The van der Waals surface area contributed by atoms with Crippen LogP contribution in [0, 0.1) is 0 Å². The third-order valence-corrected chi connectivity index (χ3v) is 2.74. The van der Waals surface area contributed by atoms with Gasteiger partial charge in [0.1, 0.15) is 6.26 Å². The van der Waals surface area contributed by atoms with Crippen LogP contribution in [0.1, 0.15) is 22.1 Å². The number of nitrogens with one attached hydrogen (secondary N) is 1. The van der Waals surface area contributed by atoms with Gasteiger partial charge in [-0.3, -0.25) is 9.78 Å². The van der Waals surface area contributed by atoms with Gasteiger partial charge >= 0.3 is 0 Å². The second kappa shape index (κ2) is 6.31. The Bertz CT molecular complexity index is 570. The molecule has 0 saturated heterocycles. The molecule has 2 heterocycles. The Labute approximate surface area is 115 Å². The number of oxazole rings is 1. The molecule has 0 bridgehead atoms. The minimum absolute atomic E-state index is 0.218. The Morgan fingerprint density at radius 1 is 1.53 bits per heavy atom. The van der Waals surface area contributed by atoms with Crippen molar-refractivity contribution in [3.63, 3.8) is 0 Å². The molecule has 0 saturated carbocycles. The number of nitrogens with zero attached hydrogens (tertiary/aromatic N) is 2. The largest absolute Gasteiger partial charge is 0.448 e. The monoisotopic (exact) mass is 280 g/mol. The van der Waals surface area contributed by atoms with Crippen LogP contribution < -0.4 is 11.1 Å². The molecule has 0 aliphatic rings. The Morgan fingerprint density at radius 3 is 3.11 bits per heavy atom. The predicted octanol–water partition coefficient (Wildman–Crippen LogP) is 1.15. The number of halogens is 1. The molecular formula is C12H13ClN4O2. The van der Waals surface area contributed by atoms with E-state index in [1.165, 1.54) is 6.26 Å². The van der Waals surface area contributed by atoms with Crippen molar-refractivity contribution in [1.29, 1.82) is 0 Å². The molecular weight excluding hydrogens is 268 g/mol. The summed E-state index contributed by atoms with van der Waals surface area (Å²) < 4.78 is 5.11. The van der Waals surface area contributed by atoms with Gasteiger partial charge in [0, 0.05) is 19.2 Å². The normalized spacial score (nSPS) is 10.4. The van der Waals surface area contributed by atoms with E-state index in [1.807, 2.05) is 0 Å². The number of carbonyl (C=O) groups is 1. The average molecular weight is 281 g/mol. The molecule has 0 spiro atoms. The highest BCUT2D eigenvalue weighted by atomic mass is 35.5. The van der Waals surface area contributed by atoms with E-state index in [0.717, 1.165) is 0 Å². The zero-order valence-electron chi connectivity index (χ0n) is 10.1. The molecule has 0 fully saturated rings.